The van der Waals surface area contributed by atoms with E-state index >= 15 is 0 Å². The van der Waals surface area contributed by atoms with Crippen molar-refractivity contribution in [2.45, 2.75) is 51.6 Å². The second-order valence-corrected chi connectivity index (χ2v) is 8.22. The van der Waals surface area contributed by atoms with E-state index in [1.54, 1.807) is 0 Å². The molecule has 4 heterocycles. The molecule has 1 spiro atoms. The summed E-state index contributed by atoms with van der Waals surface area (Å²) < 4.78 is 5.27. The molecule has 2 aromatic rings. The smallest absolute Gasteiger partial charge is 0.263 e. The van der Waals surface area contributed by atoms with Gasteiger partial charge in [-0.15, -0.1) is 11.3 Å². The summed E-state index contributed by atoms with van der Waals surface area (Å²) >= 11 is 1.48. The highest BCUT2D eigenvalue weighted by molar-refractivity contribution is 7.12. The standard InChI is InChI=1S/C19H23N3O3S/c1-13-15(14(2)25-20-13)12-22-17(23)5-6-19(22)7-9-21(10-8-19)18(24)16-4-3-11-26-16/h3-4,11H,5-10,12H2,1-2H3. The molecule has 0 aliphatic carbocycles. The molecule has 0 unspecified atom stereocenters. The van der Waals surface area contributed by atoms with Gasteiger partial charge in [-0.05, 0) is 44.6 Å². The monoisotopic (exact) mass is 373 g/mol. The summed E-state index contributed by atoms with van der Waals surface area (Å²) in [5.41, 5.74) is 1.72. The van der Waals surface area contributed by atoms with Crippen LogP contribution in [0.5, 0.6) is 0 Å². The summed E-state index contributed by atoms with van der Waals surface area (Å²) in [5.74, 6) is 1.09. The second kappa shape index (κ2) is 6.54. The van der Waals surface area contributed by atoms with Gasteiger partial charge in [-0.3, -0.25) is 9.59 Å². The maximum atomic E-state index is 12.6. The van der Waals surface area contributed by atoms with Gasteiger partial charge in [-0.1, -0.05) is 11.2 Å². The Morgan fingerprint density at radius 1 is 1.31 bits per heavy atom. The van der Waals surface area contributed by atoms with E-state index in [1.807, 2.05) is 41.2 Å². The molecule has 0 aromatic carbocycles. The average Bonchev–Trinajstić information content (AvgIpc) is 3.35. The Morgan fingerprint density at radius 2 is 2.08 bits per heavy atom. The van der Waals surface area contributed by atoms with Crippen LogP contribution in [0.4, 0.5) is 0 Å². The summed E-state index contributed by atoms with van der Waals surface area (Å²) in [7, 11) is 0. The summed E-state index contributed by atoms with van der Waals surface area (Å²) in [5, 5.41) is 5.95. The van der Waals surface area contributed by atoms with Crippen molar-refractivity contribution in [1.82, 2.24) is 15.0 Å². The summed E-state index contributed by atoms with van der Waals surface area (Å²) in [6, 6.07) is 3.78. The summed E-state index contributed by atoms with van der Waals surface area (Å²) in [4.78, 5) is 29.9. The number of carbonyl (C=O) groups is 2. The van der Waals surface area contributed by atoms with Crippen LogP contribution in [0.2, 0.25) is 0 Å². The Morgan fingerprint density at radius 3 is 2.69 bits per heavy atom. The van der Waals surface area contributed by atoms with Crippen LogP contribution in [-0.4, -0.2) is 45.4 Å². The van der Waals surface area contributed by atoms with Crippen LogP contribution in [0.1, 0.15) is 52.4 Å². The third-order valence-corrected chi connectivity index (χ3v) is 6.75. The molecule has 0 radical (unpaired) electrons. The van der Waals surface area contributed by atoms with Crippen LogP contribution in [-0.2, 0) is 11.3 Å². The molecule has 2 fully saturated rings. The van der Waals surface area contributed by atoms with Crippen LogP contribution >= 0.6 is 11.3 Å². The van der Waals surface area contributed by atoms with Crippen molar-refractivity contribution < 1.29 is 14.1 Å². The normalized spacial score (nSPS) is 19.5. The molecule has 2 saturated heterocycles. The second-order valence-electron chi connectivity index (χ2n) is 7.28. The zero-order chi connectivity index (χ0) is 18.3. The predicted molar refractivity (Wildman–Crippen MR) is 97.9 cm³/mol. The van der Waals surface area contributed by atoms with Crippen LogP contribution < -0.4 is 0 Å². The van der Waals surface area contributed by atoms with Crippen molar-refractivity contribution in [3.05, 3.63) is 39.4 Å². The average molecular weight is 373 g/mol. The first kappa shape index (κ1) is 17.3. The van der Waals surface area contributed by atoms with Gasteiger partial charge in [-0.25, -0.2) is 0 Å². The van der Waals surface area contributed by atoms with Crippen molar-refractivity contribution >= 4 is 23.2 Å². The fourth-order valence-electron chi connectivity index (χ4n) is 4.22. The quantitative estimate of drug-likeness (QED) is 0.829. The molecule has 0 atom stereocenters. The molecule has 0 bridgehead atoms. The van der Waals surface area contributed by atoms with Crippen molar-refractivity contribution in [3.63, 3.8) is 0 Å². The molecule has 7 heteroatoms. The number of nitrogens with zero attached hydrogens (tertiary/aromatic N) is 3. The van der Waals surface area contributed by atoms with Gasteiger partial charge in [0.05, 0.1) is 17.1 Å². The van der Waals surface area contributed by atoms with Gasteiger partial charge in [0.15, 0.2) is 0 Å². The van der Waals surface area contributed by atoms with Gasteiger partial charge in [0.2, 0.25) is 5.91 Å². The Kier molecular flexibility index (Phi) is 4.34. The van der Waals surface area contributed by atoms with Gasteiger partial charge in [0.1, 0.15) is 5.76 Å². The van der Waals surface area contributed by atoms with E-state index in [0.717, 1.165) is 41.2 Å². The predicted octanol–water partition coefficient (Wildman–Crippen LogP) is 3.15. The number of aryl methyl sites for hydroxylation is 2. The fourth-order valence-corrected chi connectivity index (χ4v) is 4.91. The molecule has 2 aliphatic heterocycles. The van der Waals surface area contributed by atoms with Gasteiger partial charge in [-0.2, -0.15) is 0 Å². The number of aromatic nitrogens is 1. The minimum absolute atomic E-state index is 0.108. The first-order valence-electron chi connectivity index (χ1n) is 9.05. The summed E-state index contributed by atoms with van der Waals surface area (Å²) in [6.07, 6.45) is 3.12. The maximum Gasteiger partial charge on any atom is 0.263 e. The number of thiophene rings is 1. The molecule has 0 N–H and O–H groups in total. The molecule has 0 saturated carbocycles. The molecule has 2 aromatic heterocycles. The zero-order valence-electron chi connectivity index (χ0n) is 15.2. The lowest BCUT2D eigenvalue weighted by Gasteiger charge is -2.45. The Labute approximate surface area is 156 Å². The number of hydrogen-bond acceptors (Lipinski definition) is 5. The molecular weight excluding hydrogens is 350 g/mol. The van der Waals surface area contributed by atoms with Crippen molar-refractivity contribution in [3.8, 4) is 0 Å². The lowest BCUT2D eigenvalue weighted by molar-refractivity contribution is -0.133. The van der Waals surface area contributed by atoms with E-state index < -0.39 is 0 Å². The molecule has 2 amide bonds. The Balaban J connectivity index is 1.49. The highest BCUT2D eigenvalue weighted by Crippen LogP contribution is 2.41. The number of hydrogen-bond donors (Lipinski definition) is 0. The third kappa shape index (κ3) is 2.84. The Bertz CT molecular complexity index is 800. The van der Waals surface area contributed by atoms with E-state index in [0.29, 0.717) is 26.1 Å². The molecule has 2 aliphatic rings. The van der Waals surface area contributed by atoms with E-state index in [2.05, 4.69) is 5.16 Å². The highest BCUT2D eigenvalue weighted by atomic mass is 32.1. The summed E-state index contributed by atoms with van der Waals surface area (Å²) in [6.45, 7) is 5.76. The molecule has 138 valence electrons. The maximum absolute atomic E-state index is 12.6. The van der Waals surface area contributed by atoms with Crippen LogP contribution in [0.15, 0.2) is 22.0 Å². The van der Waals surface area contributed by atoms with Gasteiger partial charge in [0, 0.05) is 30.6 Å². The van der Waals surface area contributed by atoms with Crippen LogP contribution in [0, 0.1) is 13.8 Å². The lowest BCUT2D eigenvalue weighted by atomic mass is 9.84. The highest BCUT2D eigenvalue weighted by Gasteiger charge is 2.47. The fraction of sp³-hybridized carbons (Fsp3) is 0.526. The minimum atomic E-state index is -0.139. The first-order valence-corrected chi connectivity index (χ1v) is 9.93. The Hall–Kier alpha value is -2.15. The molecule has 6 nitrogen and oxygen atoms in total. The first-order chi connectivity index (χ1) is 12.5. The number of piperidine rings is 1. The van der Waals surface area contributed by atoms with Crippen molar-refractivity contribution in [1.29, 1.82) is 0 Å². The van der Waals surface area contributed by atoms with E-state index in [9.17, 15) is 9.59 Å². The van der Waals surface area contributed by atoms with Gasteiger partial charge < -0.3 is 14.3 Å². The minimum Gasteiger partial charge on any atom is -0.361 e. The number of likely N-dealkylation sites (tertiary alicyclic amines) is 2. The molecule has 4 rings (SSSR count). The zero-order valence-corrected chi connectivity index (χ0v) is 16.0. The van der Waals surface area contributed by atoms with Crippen LogP contribution in [0.3, 0.4) is 0 Å². The van der Waals surface area contributed by atoms with E-state index in [-0.39, 0.29) is 17.4 Å². The van der Waals surface area contributed by atoms with Crippen LogP contribution in [0.25, 0.3) is 0 Å². The van der Waals surface area contributed by atoms with E-state index in [4.69, 9.17) is 4.52 Å². The van der Waals surface area contributed by atoms with E-state index in [1.165, 1.54) is 11.3 Å². The molecular formula is C19H23N3O3S. The lowest BCUT2D eigenvalue weighted by Crippen LogP contribution is -2.53. The molecule has 26 heavy (non-hydrogen) atoms. The number of carbonyl (C=O) groups excluding carboxylic acids is 2. The SMILES string of the molecule is Cc1noc(C)c1CN1C(=O)CCC12CCN(C(=O)c1cccs1)CC2. The number of rotatable bonds is 3. The largest absolute Gasteiger partial charge is 0.361 e. The van der Waals surface area contributed by atoms with Gasteiger partial charge in [0.25, 0.3) is 5.91 Å². The third-order valence-electron chi connectivity index (χ3n) is 5.89. The topological polar surface area (TPSA) is 66.7 Å². The van der Waals surface area contributed by atoms with Crippen molar-refractivity contribution in [2.24, 2.45) is 0 Å². The van der Waals surface area contributed by atoms with Gasteiger partial charge >= 0.3 is 0 Å². The number of amides is 2. The van der Waals surface area contributed by atoms with Crippen molar-refractivity contribution in [2.75, 3.05) is 13.1 Å².